The van der Waals surface area contributed by atoms with Crippen molar-refractivity contribution in [2.75, 3.05) is 6.61 Å². The van der Waals surface area contributed by atoms with Gasteiger partial charge in [0.25, 0.3) is 5.91 Å². The van der Waals surface area contributed by atoms with Crippen molar-refractivity contribution in [3.63, 3.8) is 0 Å². The Morgan fingerprint density at radius 3 is 2.75 bits per heavy atom. The summed E-state index contributed by atoms with van der Waals surface area (Å²) in [6.45, 7) is 5.45. The van der Waals surface area contributed by atoms with Crippen LogP contribution < -0.4 is 10.1 Å². The van der Waals surface area contributed by atoms with Crippen LogP contribution in [0.5, 0.6) is 5.75 Å². The molecule has 0 saturated heterocycles. The van der Waals surface area contributed by atoms with Crippen LogP contribution in [-0.2, 0) is 14.3 Å². The maximum atomic E-state index is 12.0. The summed E-state index contributed by atoms with van der Waals surface area (Å²) in [6, 6.07) is 7.63. The molecule has 0 unspecified atom stereocenters. The highest BCUT2D eigenvalue weighted by Crippen LogP contribution is 2.23. The zero-order valence-electron chi connectivity index (χ0n) is 14.7. The van der Waals surface area contributed by atoms with Gasteiger partial charge in [-0.3, -0.25) is 4.79 Å². The predicted octanol–water partition coefficient (Wildman–Crippen LogP) is 3.00. The first-order valence-electron chi connectivity index (χ1n) is 8.65. The molecular weight excluding hydrogens is 306 g/mol. The number of hydrogen-bond donors (Lipinski definition) is 1. The third-order valence-electron chi connectivity index (χ3n) is 4.44. The van der Waals surface area contributed by atoms with Gasteiger partial charge in [0.05, 0.1) is 0 Å². The van der Waals surface area contributed by atoms with Crippen molar-refractivity contribution in [3.05, 3.63) is 29.8 Å². The average Bonchev–Trinajstić information content (AvgIpc) is 2.54. The molecule has 132 valence electrons. The van der Waals surface area contributed by atoms with Crippen molar-refractivity contribution < 1.29 is 19.1 Å². The van der Waals surface area contributed by atoms with Crippen molar-refractivity contribution in [2.45, 2.75) is 58.6 Å². The number of esters is 1. The van der Waals surface area contributed by atoms with Gasteiger partial charge in [-0.05, 0) is 50.3 Å². The van der Waals surface area contributed by atoms with E-state index in [9.17, 15) is 9.59 Å². The Balaban J connectivity index is 1.74. The molecular formula is C19H27NO4. The number of aryl methyl sites for hydroxylation is 1. The molecule has 1 aliphatic carbocycles. The number of nitrogens with one attached hydrogen (secondary N) is 1. The number of hydrogen-bond acceptors (Lipinski definition) is 4. The monoisotopic (exact) mass is 333 g/mol. The molecule has 0 aliphatic heterocycles. The Hall–Kier alpha value is -2.04. The molecule has 5 nitrogen and oxygen atoms in total. The van der Waals surface area contributed by atoms with E-state index in [-0.39, 0.29) is 18.6 Å². The summed E-state index contributed by atoms with van der Waals surface area (Å²) < 4.78 is 10.6. The normalized spacial score (nSPS) is 21.6. The number of ether oxygens (including phenoxy) is 2. The molecule has 1 fully saturated rings. The molecule has 0 radical (unpaired) electrons. The smallest absolute Gasteiger partial charge is 0.347 e. The Labute approximate surface area is 143 Å². The van der Waals surface area contributed by atoms with Crippen LogP contribution in [0.15, 0.2) is 24.3 Å². The van der Waals surface area contributed by atoms with Crippen molar-refractivity contribution in [2.24, 2.45) is 5.92 Å². The lowest BCUT2D eigenvalue weighted by Gasteiger charge is -2.29. The SMILES string of the molecule is Cc1cccc(O[C@@H](C)C(=O)OCC(=O)N[C@H]2CCCC[C@@H]2C)c1. The van der Waals surface area contributed by atoms with Gasteiger partial charge in [0.15, 0.2) is 12.7 Å². The van der Waals surface area contributed by atoms with E-state index in [0.29, 0.717) is 11.7 Å². The number of rotatable bonds is 6. The van der Waals surface area contributed by atoms with Crippen LogP contribution in [0.2, 0.25) is 0 Å². The molecule has 1 saturated carbocycles. The van der Waals surface area contributed by atoms with E-state index < -0.39 is 12.1 Å². The molecule has 0 bridgehead atoms. The number of carbonyl (C=O) groups is 2. The zero-order valence-corrected chi connectivity index (χ0v) is 14.7. The van der Waals surface area contributed by atoms with E-state index in [0.717, 1.165) is 24.8 Å². The minimum absolute atomic E-state index is 0.186. The Bertz CT molecular complexity index is 572. The maximum Gasteiger partial charge on any atom is 0.347 e. The fourth-order valence-electron chi connectivity index (χ4n) is 2.97. The molecule has 0 spiro atoms. The second kappa shape index (κ2) is 8.71. The highest BCUT2D eigenvalue weighted by molar-refractivity contribution is 5.82. The summed E-state index contributed by atoms with van der Waals surface area (Å²) in [7, 11) is 0. The van der Waals surface area contributed by atoms with Crippen LogP contribution in [0.3, 0.4) is 0 Å². The number of benzene rings is 1. The molecule has 0 aromatic heterocycles. The summed E-state index contributed by atoms with van der Waals surface area (Å²) in [6.07, 6.45) is 3.72. The Morgan fingerprint density at radius 2 is 2.04 bits per heavy atom. The van der Waals surface area contributed by atoms with E-state index in [1.807, 2.05) is 25.1 Å². The lowest BCUT2D eigenvalue weighted by Crippen LogP contribution is -2.43. The fourth-order valence-corrected chi connectivity index (χ4v) is 2.97. The molecule has 5 heteroatoms. The van der Waals surface area contributed by atoms with Gasteiger partial charge in [-0.2, -0.15) is 0 Å². The van der Waals surface area contributed by atoms with Crippen LogP contribution in [0.4, 0.5) is 0 Å². The second-order valence-electron chi connectivity index (χ2n) is 6.62. The van der Waals surface area contributed by atoms with Crippen LogP contribution in [0, 0.1) is 12.8 Å². The topological polar surface area (TPSA) is 64.6 Å². The van der Waals surface area contributed by atoms with Crippen LogP contribution in [0.25, 0.3) is 0 Å². The zero-order chi connectivity index (χ0) is 17.5. The molecule has 1 aliphatic rings. The highest BCUT2D eigenvalue weighted by Gasteiger charge is 2.24. The number of amides is 1. The van der Waals surface area contributed by atoms with Crippen molar-refractivity contribution >= 4 is 11.9 Å². The van der Waals surface area contributed by atoms with E-state index >= 15 is 0 Å². The largest absolute Gasteiger partial charge is 0.479 e. The van der Waals surface area contributed by atoms with Gasteiger partial charge < -0.3 is 14.8 Å². The van der Waals surface area contributed by atoms with Gasteiger partial charge in [0.2, 0.25) is 0 Å². The van der Waals surface area contributed by atoms with Crippen molar-refractivity contribution in [3.8, 4) is 5.75 Å². The standard InChI is InChI=1S/C19H27NO4/c1-13-7-6-9-16(11-13)24-15(3)19(22)23-12-18(21)20-17-10-5-4-8-14(17)2/h6-7,9,11,14-15,17H,4-5,8,10,12H2,1-3H3,(H,20,21)/t14-,15-,17-/m0/s1. The van der Waals surface area contributed by atoms with E-state index in [1.54, 1.807) is 13.0 Å². The van der Waals surface area contributed by atoms with Crippen molar-refractivity contribution in [1.29, 1.82) is 0 Å². The van der Waals surface area contributed by atoms with Gasteiger partial charge >= 0.3 is 5.97 Å². The molecule has 1 amide bonds. The average molecular weight is 333 g/mol. The fraction of sp³-hybridized carbons (Fsp3) is 0.579. The predicted molar refractivity (Wildman–Crippen MR) is 91.8 cm³/mol. The van der Waals surface area contributed by atoms with Crippen LogP contribution >= 0.6 is 0 Å². The van der Waals surface area contributed by atoms with Gasteiger partial charge in [-0.1, -0.05) is 31.9 Å². The molecule has 1 aromatic rings. The minimum Gasteiger partial charge on any atom is -0.479 e. The first kappa shape index (κ1) is 18.3. The minimum atomic E-state index is -0.756. The van der Waals surface area contributed by atoms with Gasteiger partial charge in [0.1, 0.15) is 5.75 Å². The summed E-state index contributed by atoms with van der Waals surface area (Å²) in [5.74, 6) is 0.301. The number of carbonyl (C=O) groups excluding carboxylic acids is 2. The second-order valence-corrected chi connectivity index (χ2v) is 6.62. The molecule has 1 N–H and O–H groups in total. The van der Waals surface area contributed by atoms with Gasteiger partial charge in [-0.25, -0.2) is 4.79 Å². The first-order chi connectivity index (χ1) is 11.5. The maximum absolute atomic E-state index is 12.0. The molecule has 3 atom stereocenters. The van der Waals surface area contributed by atoms with E-state index in [4.69, 9.17) is 9.47 Å². The summed E-state index contributed by atoms with van der Waals surface area (Å²) in [4.78, 5) is 23.9. The molecule has 24 heavy (non-hydrogen) atoms. The van der Waals surface area contributed by atoms with E-state index in [1.165, 1.54) is 6.42 Å². The van der Waals surface area contributed by atoms with E-state index in [2.05, 4.69) is 12.2 Å². The van der Waals surface area contributed by atoms with Gasteiger partial charge in [-0.15, -0.1) is 0 Å². The van der Waals surface area contributed by atoms with Gasteiger partial charge in [0, 0.05) is 6.04 Å². The Morgan fingerprint density at radius 1 is 1.29 bits per heavy atom. The van der Waals surface area contributed by atoms with Crippen LogP contribution in [-0.4, -0.2) is 30.6 Å². The molecule has 2 rings (SSSR count). The first-order valence-corrected chi connectivity index (χ1v) is 8.65. The Kier molecular flexibility index (Phi) is 6.64. The third-order valence-corrected chi connectivity index (χ3v) is 4.44. The van der Waals surface area contributed by atoms with Crippen molar-refractivity contribution in [1.82, 2.24) is 5.32 Å². The lowest BCUT2D eigenvalue weighted by molar-refractivity contribution is -0.155. The summed E-state index contributed by atoms with van der Waals surface area (Å²) in [5.41, 5.74) is 1.05. The van der Waals surface area contributed by atoms with Crippen LogP contribution in [0.1, 0.15) is 45.1 Å². The lowest BCUT2D eigenvalue weighted by atomic mass is 9.86. The quantitative estimate of drug-likeness (QED) is 0.813. The summed E-state index contributed by atoms with van der Waals surface area (Å²) in [5, 5.41) is 2.96. The molecule has 1 aromatic carbocycles. The highest BCUT2D eigenvalue weighted by atomic mass is 16.6. The molecule has 0 heterocycles. The summed E-state index contributed by atoms with van der Waals surface area (Å²) >= 11 is 0. The third kappa shape index (κ3) is 5.55.